The third kappa shape index (κ3) is 3.64. The van der Waals surface area contributed by atoms with Crippen LogP contribution in [0.1, 0.15) is 52.7 Å². The minimum absolute atomic E-state index is 0.105. The van der Waals surface area contributed by atoms with Crippen LogP contribution < -0.4 is 0 Å². The highest BCUT2D eigenvalue weighted by Gasteiger charge is 2.27. The van der Waals surface area contributed by atoms with Crippen molar-refractivity contribution in [3.05, 3.63) is 108 Å². The molecule has 0 N–H and O–H groups in total. The average Bonchev–Trinajstić information content (AvgIpc) is 2.97. The minimum Gasteiger partial charge on any atom is -0.456 e. The maximum atomic E-state index is 6.78. The number of rotatable bonds is 2. The number of benzene rings is 6. The molecular weight excluding hydrogens is 512 g/mol. The molecule has 0 fully saturated rings. The van der Waals surface area contributed by atoms with Gasteiger partial charge in [0.15, 0.2) is 0 Å². The first-order chi connectivity index (χ1) is 20.1. The second-order valence-electron chi connectivity index (χ2n) is 13.8. The quantitative estimate of drug-likeness (QED) is 0.159. The first-order valence-electron chi connectivity index (χ1n) is 14.9. The van der Waals surface area contributed by atoms with Crippen molar-refractivity contribution in [3.8, 4) is 33.4 Å². The van der Waals surface area contributed by atoms with Crippen molar-refractivity contribution in [1.82, 2.24) is 0 Å². The molecule has 2 aliphatic heterocycles. The molecule has 42 heavy (non-hydrogen) atoms. The summed E-state index contributed by atoms with van der Waals surface area (Å²) in [5.74, 6) is 0. The van der Waals surface area contributed by atoms with E-state index < -0.39 is 0 Å². The van der Waals surface area contributed by atoms with Gasteiger partial charge in [0.2, 0.25) is 0 Å². The molecule has 0 spiro atoms. The molecule has 0 atom stereocenters. The van der Waals surface area contributed by atoms with E-state index in [2.05, 4.69) is 139 Å². The highest BCUT2D eigenvalue weighted by Crippen LogP contribution is 2.51. The van der Waals surface area contributed by atoms with E-state index in [9.17, 15) is 0 Å². The van der Waals surface area contributed by atoms with E-state index in [0.29, 0.717) is 0 Å². The molecule has 0 saturated heterocycles. The molecule has 0 radical (unpaired) electrons. The van der Waals surface area contributed by atoms with E-state index >= 15 is 0 Å². The third-order valence-corrected chi connectivity index (χ3v) is 8.99. The first kappa shape index (κ1) is 25.2. The van der Waals surface area contributed by atoms with Gasteiger partial charge >= 0.3 is 0 Å². The van der Waals surface area contributed by atoms with Gasteiger partial charge in [0.05, 0.1) is 0 Å². The van der Waals surface area contributed by atoms with Crippen LogP contribution in [0.3, 0.4) is 0 Å². The lowest BCUT2D eigenvalue weighted by atomic mass is 9.83. The third-order valence-electron chi connectivity index (χ3n) is 8.99. The zero-order valence-electron chi connectivity index (χ0n) is 25.1. The van der Waals surface area contributed by atoms with Gasteiger partial charge < -0.3 is 8.83 Å². The Labute approximate surface area is 246 Å². The van der Waals surface area contributed by atoms with Gasteiger partial charge in [0.1, 0.15) is 22.3 Å². The van der Waals surface area contributed by atoms with Crippen molar-refractivity contribution in [2.45, 2.75) is 52.4 Å². The summed E-state index contributed by atoms with van der Waals surface area (Å²) >= 11 is 0. The van der Waals surface area contributed by atoms with Crippen LogP contribution in [0.4, 0.5) is 0 Å². The van der Waals surface area contributed by atoms with Gasteiger partial charge in [-0.3, -0.25) is 0 Å². The molecule has 8 rings (SSSR count). The summed E-state index contributed by atoms with van der Waals surface area (Å²) in [5.41, 5.74) is 13.3. The molecule has 2 nitrogen and oxygen atoms in total. The Morgan fingerprint density at radius 3 is 1.17 bits per heavy atom. The van der Waals surface area contributed by atoms with Gasteiger partial charge in [0, 0.05) is 21.9 Å². The van der Waals surface area contributed by atoms with Gasteiger partial charge in [-0.05, 0) is 79.2 Å². The molecule has 0 amide bonds. The van der Waals surface area contributed by atoms with Gasteiger partial charge in [-0.2, -0.15) is 0 Å². The lowest BCUT2D eigenvalue weighted by Gasteiger charge is -2.23. The van der Waals surface area contributed by atoms with Crippen molar-refractivity contribution < 1.29 is 8.83 Å². The van der Waals surface area contributed by atoms with Crippen LogP contribution >= 0.6 is 0 Å². The zero-order chi connectivity index (χ0) is 29.0. The van der Waals surface area contributed by atoms with Crippen molar-refractivity contribution >= 4 is 43.9 Å². The lowest BCUT2D eigenvalue weighted by molar-refractivity contribution is 0.590. The fraction of sp³-hybridized carbons (Fsp3) is 0.200. The Balaban J connectivity index is 1.43. The highest BCUT2D eigenvalue weighted by molar-refractivity contribution is 6.27. The van der Waals surface area contributed by atoms with Crippen molar-refractivity contribution in [3.63, 3.8) is 0 Å². The summed E-state index contributed by atoms with van der Waals surface area (Å²) in [4.78, 5) is 0. The minimum atomic E-state index is 0.105. The van der Waals surface area contributed by atoms with Crippen LogP contribution in [0, 0.1) is 0 Å². The summed E-state index contributed by atoms with van der Waals surface area (Å²) < 4.78 is 13.6. The van der Waals surface area contributed by atoms with E-state index in [1.54, 1.807) is 0 Å². The maximum absolute atomic E-state index is 6.78. The average molecular weight is 547 g/mol. The Morgan fingerprint density at radius 2 is 0.810 bits per heavy atom. The zero-order valence-corrected chi connectivity index (χ0v) is 25.1. The van der Waals surface area contributed by atoms with Gasteiger partial charge in [-0.15, -0.1) is 0 Å². The molecule has 2 heterocycles. The Bertz CT molecular complexity index is 2060. The summed E-state index contributed by atoms with van der Waals surface area (Å²) in [6, 6.07) is 35.2. The second-order valence-corrected chi connectivity index (χ2v) is 13.8. The monoisotopic (exact) mass is 546 g/mol. The van der Waals surface area contributed by atoms with Crippen molar-refractivity contribution in [2.75, 3.05) is 0 Å². The van der Waals surface area contributed by atoms with Crippen LogP contribution in [0.15, 0.2) is 106 Å². The van der Waals surface area contributed by atoms with Gasteiger partial charge in [-0.1, -0.05) is 114 Å². The Hall–Kier alpha value is -4.56. The number of hydrogen-bond donors (Lipinski definition) is 0. The normalized spacial score (nSPS) is 13.0. The SMILES string of the molecule is CC(C)(C)c1ccc(-c2cc3oc4cccc5c(-c6ccc(C(C)(C)C)cc6)cc6oc7cccc2c7c3-c6c45)cc1. The summed E-state index contributed by atoms with van der Waals surface area (Å²) in [6.45, 7) is 13.5. The van der Waals surface area contributed by atoms with E-state index in [-0.39, 0.29) is 10.8 Å². The summed E-state index contributed by atoms with van der Waals surface area (Å²) in [6.07, 6.45) is 0. The maximum Gasteiger partial charge on any atom is 0.136 e. The summed E-state index contributed by atoms with van der Waals surface area (Å²) in [7, 11) is 0. The molecule has 0 aliphatic carbocycles. The van der Waals surface area contributed by atoms with Crippen LogP contribution in [-0.2, 0) is 10.8 Å². The molecule has 0 bridgehead atoms. The van der Waals surface area contributed by atoms with E-state index in [0.717, 1.165) is 55.4 Å². The van der Waals surface area contributed by atoms with Crippen molar-refractivity contribution in [1.29, 1.82) is 0 Å². The van der Waals surface area contributed by atoms with Gasteiger partial charge in [-0.25, -0.2) is 0 Å². The Kier molecular flexibility index (Phi) is 5.09. The molecule has 6 aromatic carbocycles. The molecule has 6 aromatic rings. The van der Waals surface area contributed by atoms with Crippen LogP contribution in [0.5, 0.6) is 0 Å². The molecule has 2 heteroatoms. The van der Waals surface area contributed by atoms with E-state index in [1.807, 2.05) is 0 Å². The predicted octanol–water partition coefficient (Wildman–Crippen LogP) is 12.0. The molecule has 0 unspecified atom stereocenters. The molecule has 206 valence electrons. The Morgan fingerprint density at radius 1 is 0.429 bits per heavy atom. The second kappa shape index (κ2) is 8.49. The molecule has 0 saturated carbocycles. The topological polar surface area (TPSA) is 26.3 Å². The standard InChI is InChI=1S/C40H34O2/c1-39(2,3)25-17-13-23(14-18-25)29-21-33-37-35-27(29)9-7-11-31(35)42-34-22-30(24-15-19-26(20-16-24)40(4,5)6)28-10-8-12-32(41-33)36(28)38(34)37/h7-22H,1-6H3. The van der Waals surface area contributed by atoms with Crippen LogP contribution in [-0.4, -0.2) is 0 Å². The smallest absolute Gasteiger partial charge is 0.136 e. The molecule has 2 aliphatic rings. The molecule has 0 aromatic heterocycles. The molecular formula is C40H34O2. The van der Waals surface area contributed by atoms with Gasteiger partial charge in [0.25, 0.3) is 0 Å². The fourth-order valence-corrected chi connectivity index (χ4v) is 6.68. The summed E-state index contributed by atoms with van der Waals surface area (Å²) in [5, 5.41) is 4.60. The van der Waals surface area contributed by atoms with E-state index in [1.165, 1.54) is 33.0 Å². The van der Waals surface area contributed by atoms with E-state index in [4.69, 9.17) is 8.83 Å². The largest absolute Gasteiger partial charge is 0.456 e. The van der Waals surface area contributed by atoms with Crippen molar-refractivity contribution in [2.24, 2.45) is 0 Å². The first-order valence-corrected chi connectivity index (χ1v) is 14.9. The number of hydrogen-bond acceptors (Lipinski definition) is 2. The lowest BCUT2D eigenvalue weighted by Crippen LogP contribution is -2.10. The predicted molar refractivity (Wildman–Crippen MR) is 177 cm³/mol. The van der Waals surface area contributed by atoms with Crippen LogP contribution in [0.2, 0.25) is 0 Å². The fourth-order valence-electron chi connectivity index (χ4n) is 6.68. The van der Waals surface area contributed by atoms with Crippen LogP contribution in [0.25, 0.3) is 77.3 Å². The highest BCUT2D eigenvalue weighted by atomic mass is 16.3.